The lowest BCUT2D eigenvalue weighted by molar-refractivity contribution is -0.153. The van der Waals surface area contributed by atoms with Crippen LogP contribution in [0.3, 0.4) is 0 Å². The van der Waals surface area contributed by atoms with E-state index < -0.39 is 18.5 Å². The van der Waals surface area contributed by atoms with Crippen LogP contribution in [0, 0.1) is 0 Å². The van der Waals surface area contributed by atoms with E-state index in [2.05, 4.69) is 5.32 Å². The fourth-order valence-corrected chi connectivity index (χ4v) is 1.44. The number of hydrogen-bond acceptors (Lipinski definition) is 2. The van der Waals surface area contributed by atoms with Crippen LogP contribution >= 0.6 is 0 Å². The number of nitrogens with two attached hydrogens (primary N) is 1. The Morgan fingerprint density at radius 1 is 1.17 bits per heavy atom. The molecule has 100 valence electrons. The van der Waals surface area contributed by atoms with E-state index in [0.717, 1.165) is 17.5 Å². The molecule has 1 amide bonds. The lowest BCUT2D eigenvalue weighted by Crippen LogP contribution is -2.28. The highest BCUT2D eigenvalue weighted by atomic mass is 19.4. The minimum Gasteiger partial charge on any atom is -0.352 e. The van der Waals surface area contributed by atoms with Crippen LogP contribution in [0.1, 0.15) is 17.5 Å². The number of amides is 1. The Morgan fingerprint density at radius 2 is 1.72 bits per heavy atom. The maximum Gasteiger partial charge on any atom is 0.397 e. The van der Waals surface area contributed by atoms with Crippen molar-refractivity contribution in [2.75, 3.05) is 6.54 Å². The van der Waals surface area contributed by atoms with Gasteiger partial charge in [-0.05, 0) is 24.1 Å². The molecule has 0 aliphatic carbocycles. The van der Waals surface area contributed by atoms with Crippen LogP contribution in [0.25, 0.3) is 0 Å². The monoisotopic (exact) mass is 260 g/mol. The number of nitrogens with one attached hydrogen (secondary N) is 1. The highest BCUT2D eigenvalue weighted by Gasteiger charge is 2.30. The topological polar surface area (TPSA) is 55.1 Å². The summed E-state index contributed by atoms with van der Waals surface area (Å²) in [5.74, 6) is -1.02. The Morgan fingerprint density at radius 3 is 2.22 bits per heavy atom. The molecule has 6 heteroatoms. The molecule has 1 aromatic rings. The molecular weight excluding hydrogens is 245 g/mol. The van der Waals surface area contributed by atoms with Crippen molar-refractivity contribution in [1.82, 2.24) is 5.32 Å². The maximum absolute atomic E-state index is 11.9. The summed E-state index contributed by atoms with van der Waals surface area (Å²) < 4.78 is 35.7. The Balaban J connectivity index is 2.41. The van der Waals surface area contributed by atoms with Gasteiger partial charge in [0.25, 0.3) is 0 Å². The van der Waals surface area contributed by atoms with Crippen LogP contribution in [0.2, 0.25) is 0 Å². The van der Waals surface area contributed by atoms with Crippen molar-refractivity contribution in [2.24, 2.45) is 5.73 Å². The molecule has 0 radical (unpaired) electrons. The first-order valence-electron chi connectivity index (χ1n) is 5.52. The highest BCUT2D eigenvalue weighted by molar-refractivity contribution is 5.76. The Labute approximate surface area is 103 Å². The lowest BCUT2D eigenvalue weighted by atomic mass is 10.1. The van der Waals surface area contributed by atoms with Crippen LogP contribution < -0.4 is 11.1 Å². The zero-order valence-corrected chi connectivity index (χ0v) is 9.76. The maximum atomic E-state index is 11.9. The fraction of sp³-hybridized carbons (Fsp3) is 0.417. The first-order chi connectivity index (χ1) is 8.40. The van der Waals surface area contributed by atoms with E-state index in [1.165, 1.54) is 0 Å². The molecule has 0 aromatic heterocycles. The van der Waals surface area contributed by atoms with Crippen molar-refractivity contribution in [2.45, 2.75) is 25.6 Å². The van der Waals surface area contributed by atoms with E-state index in [4.69, 9.17) is 5.73 Å². The van der Waals surface area contributed by atoms with Gasteiger partial charge in [-0.25, -0.2) is 0 Å². The highest BCUT2D eigenvalue weighted by Crippen LogP contribution is 2.18. The molecule has 3 N–H and O–H groups in total. The van der Waals surface area contributed by atoms with Gasteiger partial charge in [0, 0.05) is 6.54 Å². The van der Waals surface area contributed by atoms with Gasteiger partial charge < -0.3 is 11.1 Å². The predicted octanol–water partition coefficient (Wildman–Crippen LogP) is 1.76. The summed E-state index contributed by atoms with van der Waals surface area (Å²) in [4.78, 5) is 11.0. The number of halogens is 3. The van der Waals surface area contributed by atoms with Crippen molar-refractivity contribution in [3.8, 4) is 0 Å². The van der Waals surface area contributed by atoms with Gasteiger partial charge in [0.15, 0.2) is 0 Å². The van der Waals surface area contributed by atoms with Gasteiger partial charge in [0.1, 0.15) is 6.42 Å². The Hall–Kier alpha value is -1.56. The summed E-state index contributed by atoms with van der Waals surface area (Å²) >= 11 is 0. The third-order valence-corrected chi connectivity index (χ3v) is 2.31. The minimum atomic E-state index is -4.46. The number of hydrogen-bond donors (Lipinski definition) is 2. The largest absolute Gasteiger partial charge is 0.397 e. The lowest BCUT2D eigenvalue weighted by Gasteiger charge is -2.08. The minimum absolute atomic E-state index is 0.0951. The van der Waals surface area contributed by atoms with E-state index in [-0.39, 0.29) is 6.54 Å². The first kappa shape index (κ1) is 14.5. The fourth-order valence-electron chi connectivity index (χ4n) is 1.44. The van der Waals surface area contributed by atoms with Gasteiger partial charge in [-0.3, -0.25) is 4.79 Å². The summed E-state index contributed by atoms with van der Waals surface area (Å²) in [7, 11) is 0. The number of carbonyl (C=O) groups is 1. The average Bonchev–Trinajstić information content (AvgIpc) is 2.26. The van der Waals surface area contributed by atoms with Crippen LogP contribution in [0.15, 0.2) is 24.3 Å². The van der Waals surface area contributed by atoms with Gasteiger partial charge in [0.05, 0.1) is 0 Å². The van der Waals surface area contributed by atoms with Crippen molar-refractivity contribution < 1.29 is 18.0 Å². The molecule has 0 atom stereocenters. The third-order valence-electron chi connectivity index (χ3n) is 2.31. The molecule has 0 bridgehead atoms. The molecule has 0 saturated carbocycles. The summed E-state index contributed by atoms with van der Waals surface area (Å²) in [5.41, 5.74) is 7.21. The zero-order valence-electron chi connectivity index (χ0n) is 9.76. The molecule has 0 aliphatic heterocycles. The number of alkyl halides is 3. The van der Waals surface area contributed by atoms with Gasteiger partial charge in [0.2, 0.25) is 5.91 Å². The number of rotatable bonds is 5. The Bertz CT molecular complexity index is 387. The van der Waals surface area contributed by atoms with E-state index in [0.29, 0.717) is 6.54 Å². The second kappa shape index (κ2) is 6.39. The van der Waals surface area contributed by atoms with Crippen LogP contribution in [0.4, 0.5) is 13.2 Å². The second-order valence-corrected chi connectivity index (χ2v) is 3.92. The Kier molecular flexibility index (Phi) is 5.15. The van der Waals surface area contributed by atoms with Crippen molar-refractivity contribution in [3.63, 3.8) is 0 Å². The second-order valence-electron chi connectivity index (χ2n) is 3.92. The standard InChI is InChI=1S/C12H15F3N2O/c13-12(14,15)7-11(18)17-8-10-3-1-9(2-4-10)5-6-16/h1-4H,5-8,16H2,(H,17,18). The molecule has 18 heavy (non-hydrogen) atoms. The number of carbonyl (C=O) groups excluding carboxylic acids is 1. The summed E-state index contributed by atoms with van der Waals surface area (Å²) in [6.07, 6.45) is -5.16. The van der Waals surface area contributed by atoms with E-state index in [1.807, 2.05) is 12.1 Å². The molecule has 0 unspecified atom stereocenters. The molecular formula is C12H15F3N2O. The van der Waals surface area contributed by atoms with E-state index in [9.17, 15) is 18.0 Å². The number of benzene rings is 1. The van der Waals surface area contributed by atoms with Crippen LogP contribution in [-0.2, 0) is 17.8 Å². The predicted molar refractivity (Wildman–Crippen MR) is 61.7 cm³/mol. The molecule has 0 heterocycles. The SMILES string of the molecule is NCCc1ccc(CNC(=O)CC(F)(F)F)cc1. The molecule has 0 spiro atoms. The van der Waals surface area contributed by atoms with E-state index in [1.54, 1.807) is 12.1 Å². The third kappa shape index (κ3) is 5.67. The summed E-state index contributed by atoms with van der Waals surface area (Å²) in [5, 5.41) is 2.22. The summed E-state index contributed by atoms with van der Waals surface area (Å²) in [6, 6.07) is 7.22. The average molecular weight is 260 g/mol. The normalized spacial score (nSPS) is 11.3. The quantitative estimate of drug-likeness (QED) is 0.847. The molecule has 0 fully saturated rings. The summed E-state index contributed by atoms with van der Waals surface area (Å²) in [6.45, 7) is 0.638. The van der Waals surface area contributed by atoms with Crippen LogP contribution in [-0.4, -0.2) is 18.6 Å². The molecule has 1 aromatic carbocycles. The van der Waals surface area contributed by atoms with Gasteiger partial charge in [-0.2, -0.15) is 13.2 Å². The first-order valence-corrected chi connectivity index (χ1v) is 5.52. The molecule has 0 saturated heterocycles. The van der Waals surface area contributed by atoms with Gasteiger partial charge in [-0.1, -0.05) is 24.3 Å². The molecule has 0 aliphatic rings. The van der Waals surface area contributed by atoms with Crippen molar-refractivity contribution in [1.29, 1.82) is 0 Å². The molecule has 1 rings (SSSR count). The smallest absolute Gasteiger partial charge is 0.352 e. The van der Waals surface area contributed by atoms with E-state index >= 15 is 0 Å². The zero-order chi connectivity index (χ0) is 13.6. The van der Waals surface area contributed by atoms with Crippen molar-refractivity contribution >= 4 is 5.91 Å². The van der Waals surface area contributed by atoms with Gasteiger partial charge >= 0.3 is 6.18 Å². The van der Waals surface area contributed by atoms with Crippen molar-refractivity contribution in [3.05, 3.63) is 35.4 Å². The van der Waals surface area contributed by atoms with Crippen LogP contribution in [0.5, 0.6) is 0 Å². The van der Waals surface area contributed by atoms with Gasteiger partial charge in [-0.15, -0.1) is 0 Å². The molecule has 3 nitrogen and oxygen atoms in total.